The number of aliphatic hydroxyl groups is 1. The lowest BCUT2D eigenvalue weighted by Gasteiger charge is -2.38. The largest absolute Gasteiger partial charge is 0.395 e. The van der Waals surface area contributed by atoms with Gasteiger partial charge in [-0.05, 0) is 50.2 Å². The second-order valence-corrected chi connectivity index (χ2v) is 6.88. The van der Waals surface area contributed by atoms with Gasteiger partial charge in [0.1, 0.15) is 5.82 Å². The molecule has 2 heterocycles. The Labute approximate surface area is 138 Å². The summed E-state index contributed by atoms with van der Waals surface area (Å²) in [6.07, 6.45) is 7.43. The van der Waals surface area contributed by atoms with Crippen LogP contribution in [0.1, 0.15) is 49.4 Å². The quantitative estimate of drug-likeness (QED) is 0.905. The van der Waals surface area contributed by atoms with Gasteiger partial charge in [0, 0.05) is 31.9 Å². The smallest absolute Gasteiger partial charge is 0.255 e. The van der Waals surface area contributed by atoms with Crippen LogP contribution in [0.25, 0.3) is 0 Å². The summed E-state index contributed by atoms with van der Waals surface area (Å²) in [6.45, 7) is 4.68. The first kappa shape index (κ1) is 16.2. The molecule has 0 unspecified atom stereocenters. The van der Waals surface area contributed by atoms with Crippen molar-refractivity contribution in [2.75, 3.05) is 31.1 Å². The third kappa shape index (κ3) is 3.66. The van der Waals surface area contributed by atoms with Crippen LogP contribution in [0.15, 0.2) is 18.3 Å². The van der Waals surface area contributed by atoms with E-state index in [0.29, 0.717) is 24.1 Å². The Hall–Kier alpha value is -1.62. The highest BCUT2D eigenvalue weighted by Gasteiger charge is 2.26. The summed E-state index contributed by atoms with van der Waals surface area (Å²) in [5.41, 5.74) is 0.667. The first-order chi connectivity index (χ1) is 11.2. The number of likely N-dealkylation sites (tertiary alicyclic amines) is 1. The van der Waals surface area contributed by atoms with Crippen molar-refractivity contribution in [1.82, 2.24) is 9.88 Å². The molecule has 0 bridgehead atoms. The van der Waals surface area contributed by atoms with Gasteiger partial charge in [-0.3, -0.25) is 4.79 Å². The summed E-state index contributed by atoms with van der Waals surface area (Å²) in [5, 5.41) is 9.27. The molecule has 23 heavy (non-hydrogen) atoms. The third-order valence-electron chi connectivity index (χ3n) is 5.22. The Morgan fingerprint density at radius 3 is 2.57 bits per heavy atom. The van der Waals surface area contributed by atoms with E-state index in [1.165, 1.54) is 6.42 Å². The maximum absolute atomic E-state index is 12.5. The van der Waals surface area contributed by atoms with Gasteiger partial charge in [0.2, 0.25) is 0 Å². The lowest BCUT2D eigenvalue weighted by atomic mass is 9.91. The monoisotopic (exact) mass is 317 g/mol. The van der Waals surface area contributed by atoms with Crippen molar-refractivity contribution >= 4 is 11.7 Å². The van der Waals surface area contributed by atoms with Gasteiger partial charge in [-0.2, -0.15) is 0 Å². The van der Waals surface area contributed by atoms with Crippen LogP contribution in [-0.2, 0) is 0 Å². The number of pyridine rings is 1. The average molecular weight is 317 g/mol. The van der Waals surface area contributed by atoms with Crippen LogP contribution in [0.5, 0.6) is 0 Å². The Balaban J connectivity index is 1.67. The van der Waals surface area contributed by atoms with E-state index in [2.05, 4.69) is 16.8 Å². The molecule has 0 aromatic carbocycles. The molecule has 5 nitrogen and oxygen atoms in total. The fourth-order valence-electron chi connectivity index (χ4n) is 3.37. The number of rotatable bonds is 5. The van der Waals surface area contributed by atoms with Gasteiger partial charge in [0.15, 0.2) is 0 Å². The van der Waals surface area contributed by atoms with E-state index < -0.39 is 0 Å². The van der Waals surface area contributed by atoms with Crippen LogP contribution in [-0.4, -0.2) is 53.2 Å². The van der Waals surface area contributed by atoms with E-state index >= 15 is 0 Å². The third-order valence-corrected chi connectivity index (χ3v) is 5.22. The van der Waals surface area contributed by atoms with Crippen molar-refractivity contribution in [2.24, 2.45) is 5.92 Å². The number of nitrogens with zero attached hydrogens (tertiary/aromatic N) is 3. The lowest BCUT2D eigenvalue weighted by Crippen LogP contribution is -2.42. The molecule has 2 aliphatic rings. The normalized spacial score (nSPS) is 19.5. The zero-order chi connectivity index (χ0) is 16.2. The molecule has 1 aromatic heterocycles. The molecule has 1 saturated carbocycles. The van der Waals surface area contributed by atoms with Crippen LogP contribution >= 0.6 is 0 Å². The van der Waals surface area contributed by atoms with Gasteiger partial charge >= 0.3 is 0 Å². The van der Waals surface area contributed by atoms with Crippen LogP contribution in [0.2, 0.25) is 0 Å². The number of aromatic nitrogens is 1. The number of hydrogen-bond acceptors (Lipinski definition) is 4. The average Bonchev–Trinajstić information content (AvgIpc) is 2.53. The van der Waals surface area contributed by atoms with Gasteiger partial charge in [0.25, 0.3) is 5.91 Å². The van der Waals surface area contributed by atoms with Crippen molar-refractivity contribution < 1.29 is 9.90 Å². The highest BCUT2D eigenvalue weighted by atomic mass is 16.3. The van der Waals surface area contributed by atoms with Gasteiger partial charge in [-0.15, -0.1) is 0 Å². The molecule has 126 valence electrons. The van der Waals surface area contributed by atoms with E-state index in [9.17, 15) is 9.90 Å². The molecule has 3 rings (SSSR count). The minimum Gasteiger partial charge on any atom is -0.395 e. The first-order valence-electron chi connectivity index (χ1n) is 8.82. The molecule has 0 atom stereocenters. The van der Waals surface area contributed by atoms with Gasteiger partial charge in [-0.25, -0.2) is 4.98 Å². The van der Waals surface area contributed by atoms with Crippen LogP contribution < -0.4 is 4.90 Å². The van der Waals surface area contributed by atoms with E-state index in [1.54, 1.807) is 6.20 Å². The molecule has 1 N–H and O–H groups in total. The second-order valence-electron chi connectivity index (χ2n) is 6.88. The number of aliphatic hydroxyl groups excluding tert-OH is 1. The second kappa shape index (κ2) is 7.30. The van der Waals surface area contributed by atoms with Crippen molar-refractivity contribution in [3.63, 3.8) is 0 Å². The van der Waals surface area contributed by atoms with E-state index in [4.69, 9.17) is 0 Å². The van der Waals surface area contributed by atoms with E-state index in [0.717, 1.165) is 44.6 Å². The number of carbonyl (C=O) groups is 1. The van der Waals surface area contributed by atoms with Gasteiger partial charge < -0.3 is 14.9 Å². The molecular weight excluding hydrogens is 290 g/mol. The summed E-state index contributed by atoms with van der Waals surface area (Å²) in [7, 11) is 0. The van der Waals surface area contributed by atoms with Crippen molar-refractivity contribution in [2.45, 2.75) is 45.1 Å². The van der Waals surface area contributed by atoms with E-state index in [-0.39, 0.29) is 12.5 Å². The topological polar surface area (TPSA) is 56.7 Å². The fraction of sp³-hybridized carbons (Fsp3) is 0.667. The number of amides is 1. The minimum atomic E-state index is 0.0910. The number of piperidine rings is 1. The highest BCUT2D eigenvalue weighted by molar-refractivity contribution is 5.94. The summed E-state index contributed by atoms with van der Waals surface area (Å²) < 4.78 is 0. The van der Waals surface area contributed by atoms with Crippen molar-refractivity contribution in [3.05, 3.63) is 23.9 Å². The Kier molecular flexibility index (Phi) is 5.16. The van der Waals surface area contributed by atoms with Gasteiger partial charge in [-0.1, -0.05) is 6.92 Å². The Morgan fingerprint density at radius 2 is 2.04 bits per heavy atom. The molecule has 1 amide bonds. The molecule has 1 aromatic rings. The number of anilines is 1. The zero-order valence-corrected chi connectivity index (χ0v) is 13.9. The van der Waals surface area contributed by atoms with Crippen LogP contribution in [0, 0.1) is 5.92 Å². The lowest BCUT2D eigenvalue weighted by molar-refractivity contribution is 0.0697. The standard InChI is InChI=1S/C18H27N3O2/c1-14-7-9-20(10-8-14)18(23)15-5-6-17(19-13-15)21(11-12-22)16-3-2-4-16/h5-6,13-14,16,22H,2-4,7-12H2,1H3. The molecule has 0 spiro atoms. The van der Waals surface area contributed by atoms with E-state index in [1.807, 2.05) is 17.0 Å². The van der Waals surface area contributed by atoms with Crippen molar-refractivity contribution in [1.29, 1.82) is 0 Å². The predicted octanol–water partition coefficient (Wildman–Crippen LogP) is 2.30. The molecule has 1 aliphatic heterocycles. The highest BCUT2D eigenvalue weighted by Crippen LogP contribution is 2.28. The molecule has 2 fully saturated rings. The molecule has 1 aliphatic carbocycles. The molecule has 1 saturated heterocycles. The SMILES string of the molecule is CC1CCN(C(=O)c2ccc(N(CCO)C3CCC3)nc2)CC1. The van der Waals surface area contributed by atoms with Crippen LogP contribution in [0.3, 0.4) is 0 Å². The summed E-state index contributed by atoms with van der Waals surface area (Å²) in [4.78, 5) is 21.2. The zero-order valence-electron chi connectivity index (χ0n) is 13.9. The van der Waals surface area contributed by atoms with Crippen molar-refractivity contribution in [3.8, 4) is 0 Å². The number of carbonyl (C=O) groups excluding carboxylic acids is 1. The maximum atomic E-state index is 12.5. The predicted molar refractivity (Wildman–Crippen MR) is 90.6 cm³/mol. The summed E-state index contributed by atoms with van der Waals surface area (Å²) in [6, 6.07) is 4.29. The maximum Gasteiger partial charge on any atom is 0.255 e. The molecular formula is C18H27N3O2. The Bertz CT molecular complexity index is 520. The molecule has 0 radical (unpaired) electrons. The minimum absolute atomic E-state index is 0.0910. The van der Waals surface area contributed by atoms with Gasteiger partial charge in [0.05, 0.1) is 12.2 Å². The fourth-order valence-corrected chi connectivity index (χ4v) is 3.37. The first-order valence-corrected chi connectivity index (χ1v) is 8.82. The number of hydrogen-bond donors (Lipinski definition) is 1. The Morgan fingerprint density at radius 1 is 1.30 bits per heavy atom. The summed E-state index contributed by atoms with van der Waals surface area (Å²) >= 11 is 0. The molecule has 5 heteroatoms. The van der Waals surface area contributed by atoms with Crippen LogP contribution in [0.4, 0.5) is 5.82 Å². The summed E-state index contributed by atoms with van der Waals surface area (Å²) in [5.74, 6) is 1.68.